The highest BCUT2D eigenvalue weighted by Gasteiger charge is 2.04. The van der Waals surface area contributed by atoms with E-state index in [2.05, 4.69) is 25.7 Å². The molecule has 0 aromatic carbocycles. The number of nitrogens with zero attached hydrogens (tertiary/aromatic N) is 3. The fourth-order valence-corrected chi connectivity index (χ4v) is 2.42. The predicted octanol–water partition coefficient (Wildman–Crippen LogP) is 1.86. The van der Waals surface area contributed by atoms with Crippen molar-refractivity contribution in [2.45, 2.75) is 18.6 Å². The Hall–Kier alpha value is -1.38. The molecule has 0 aliphatic rings. The molecule has 0 amide bonds. The smallest absolute Gasteiger partial charge is 0.191 e. The third-order valence-corrected chi connectivity index (χ3v) is 3.64. The Labute approximate surface area is 113 Å². The van der Waals surface area contributed by atoms with Gasteiger partial charge in [0.1, 0.15) is 16.6 Å². The standard InChI is InChI=1S/C10H14N6S2/c1-6-5-18-9(13-6)4-12-7-3-8(16-11)15-10(14-7)17-2/h3,5H,4,11H2,1-2H3,(H2,12,14,15,16). The van der Waals surface area contributed by atoms with Crippen LogP contribution in [0.1, 0.15) is 10.7 Å². The highest BCUT2D eigenvalue weighted by molar-refractivity contribution is 7.98. The van der Waals surface area contributed by atoms with Gasteiger partial charge in [0.2, 0.25) is 0 Å². The normalized spacial score (nSPS) is 10.4. The number of hydrogen-bond donors (Lipinski definition) is 3. The first kappa shape index (κ1) is 13.1. The number of anilines is 2. The summed E-state index contributed by atoms with van der Waals surface area (Å²) in [5.74, 6) is 6.69. The van der Waals surface area contributed by atoms with Gasteiger partial charge in [0.15, 0.2) is 5.16 Å². The lowest BCUT2D eigenvalue weighted by Crippen LogP contribution is -2.11. The third kappa shape index (κ3) is 3.31. The van der Waals surface area contributed by atoms with Gasteiger partial charge in [0.05, 0.1) is 6.54 Å². The maximum Gasteiger partial charge on any atom is 0.191 e. The molecule has 0 aliphatic heterocycles. The van der Waals surface area contributed by atoms with Crippen LogP contribution in [-0.2, 0) is 6.54 Å². The maximum atomic E-state index is 5.37. The van der Waals surface area contributed by atoms with Crippen LogP contribution >= 0.6 is 23.1 Å². The largest absolute Gasteiger partial charge is 0.363 e. The zero-order chi connectivity index (χ0) is 13.0. The molecule has 2 heterocycles. The van der Waals surface area contributed by atoms with Gasteiger partial charge in [-0.15, -0.1) is 11.3 Å². The fourth-order valence-electron chi connectivity index (χ4n) is 1.33. The van der Waals surface area contributed by atoms with E-state index in [9.17, 15) is 0 Å². The molecule has 0 spiro atoms. The molecule has 0 bridgehead atoms. The van der Waals surface area contributed by atoms with Gasteiger partial charge in [-0.25, -0.2) is 20.8 Å². The van der Waals surface area contributed by atoms with Crippen LogP contribution in [0.4, 0.5) is 11.6 Å². The van der Waals surface area contributed by atoms with Gasteiger partial charge < -0.3 is 10.7 Å². The van der Waals surface area contributed by atoms with Crippen molar-refractivity contribution in [1.29, 1.82) is 0 Å². The molecule has 0 atom stereocenters. The van der Waals surface area contributed by atoms with Crippen LogP contribution in [0.5, 0.6) is 0 Å². The Kier molecular flexibility index (Phi) is 4.34. The van der Waals surface area contributed by atoms with Crippen molar-refractivity contribution < 1.29 is 0 Å². The van der Waals surface area contributed by atoms with Gasteiger partial charge in [-0.1, -0.05) is 11.8 Å². The molecule has 96 valence electrons. The summed E-state index contributed by atoms with van der Waals surface area (Å²) < 4.78 is 0. The van der Waals surface area contributed by atoms with Crippen molar-refractivity contribution in [3.05, 3.63) is 22.1 Å². The number of aromatic nitrogens is 3. The zero-order valence-corrected chi connectivity index (χ0v) is 11.7. The molecule has 0 aliphatic carbocycles. The summed E-state index contributed by atoms with van der Waals surface area (Å²) in [4.78, 5) is 12.9. The van der Waals surface area contributed by atoms with Crippen molar-refractivity contribution in [3.63, 3.8) is 0 Å². The van der Waals surface area contributed by atoms with Crippen LogP contribution < -0.4 is 16.6 Å². The number of hydrazine groups is 1. The van der Waals surface area contributed by atoms with Crippen LogP contribution in [0, 0.1) is 6.92 Å². The Bertz CT molecular complexity index is 505. The van der Waals surface area contributed by atoms with E-state index in [-0.39, 0.29) is 0 Å². The predicted molar refractivity (Wildman–Crippen MR) is 75.8 cm³/mol. The number of thiazole rings is 1. The summed E-state index contributed by atoms with van der Waals surface area (Å²) in [7, 11) is 0. The van der Waals surface area contributed by atoms with E-state index in [0.29, 0.717) is 17.5 Å². The SMILES string of the molecule is CSc1nc(NN)cc(NCc2nc(C)cs2)n1. The van der Waals surface area contributed by atoms with Crippen molar-refractivity contribution in [3.8, 4) is 0 Å². The van der Waals surface area contributed by atoms with Crippen molar-refractivity contribution in [2.75, 3.05) is 17.0 Å². The van der Waals surface area contributed by atoms with E-state index >= 15 is 0 Å². The number of nitrogens with two attached hydrogens (primary N) is 1. The second-order valence-electron chi connectivity index (χ2n) is 3.51. The second-order valence-corrected chi connectivity index (χ2v) is 5.22. The molecule has 0 radical (unpaired) electrons. The number of hydrogen-bond acceptors (Lipinski definition) is 8. The molecule has 4 N–H and O–H groups in total. The Balaban J connectivity index is 2.08. The van der Waals surface area contributed by atoms with Gasteiger partial charge in [0, 0.05) is 17.1 Å². The van der Waals surface area contributed by atoms with E-state index in [1.54, 1.807) is 17.4 Å². The van der Waals surface area contributed by atoms with Crippen LogP contribution in [0.3, 0.4) is 0 Å². The molecule has 0 saturated carbocycles. The Morgan fingerprint density at radius 1 is 1.33 bits per heavy atom. The average Bonchev–Trinajstić information content (AvgIpc) is 2.81. The quantitative estimate of drug-likeness (QED) is 0.334. The number of thioether (sulfide) groups is 1. The minimum atomic E-state index is 0.590. The molecular weight excluding hydrogens is 268 g/mol. The van der Waals surface area contributed by atoms with Gasteiger partial charge >= 0.3 is 0 Å². The highest BCUT2D eigenvalue weighted by Crippen LogP contribution is 2.17. The second kappa shape index (κ2) is 5.98. The van der Waals surface area contributed by atoms with E-state index in [0.717, 1.165) is 16.5 Å². The molecule has 6 nitrogen and oxygen atoms in total. The minimum Gasteiger partial charge on any atom is -0.363 e. The van der Waals surface area contributed by atoms with E-state index < -0.39 is 0 Å². The molecule has 0 saturated heterocycles. The first-order valence-electron chi connectivity index (χ1n) is 5.26. The summed E-state index contributed by atoms with van der Waals surface area (Å²) in [6.07, 6.45) is 1.92. The van der Waals surface area contributed by atoms with Crippen LogP contribution in [-0.4, -0.2) is 21.2 Å². The first-order valence-corrected chi connectivity index (χ1v) is 7.36. The Morgan fingerprint density at radius 2 is 2.11 bits per heavy atom. The first-order chi connectivity index (χ1) is 8.71. The summed E-state index contributed by atoms with van der Waals surface area (Å²) >= 11 is 3.09. The third-order valence-electron chi connectivity index (χ3n) is 2.12. The summed E-state index contributed by atoms with van der Waals surface area (Å²) in [5.41, 5.74) is 3.56. The molecule has 0 unspecified atom stereocenters. The summed E-state index contributed by atoms with van der Waals surface area (Å²) in [6, 6.07) is 1.76. The fraction of sp³-hybridized carbons (Fsp3) is 0.300. The van der Waals surface area contributed by atoms with Crippen LogP contribution in [0.2, 0.25) is 0 Å². The zero-order valence-electron chi connectivity index (χ0n) is 10.1. The molecule has 8 heteroatoms. The van der Waals surface area contributed by atoms with Gasteiger partial charge in [0.25, 0.3) is 0 Å². The minimum absolute atomic E-state index is 0.590. The van der Waals surface area contributed by atoms with Gasteiger partial charge in [-0.3, -0.25) is 0 Å². The molecular formula is C10H14N6S2. The average molecular weight is 282 g/mol. The van der Waals surface area contributed by atoms with Crippen LogP contribution in [0.25, 0.3) is 0 Å². The molecule has 2 aromatic heterocycles. The molecule has 2 rings (SSSR count). The topological polar surface area (TPSA) is 88.8 Å². The lowest BCUT2D eigenvalue weighted by Gasteiger charge is -2.07. The van der Waals surface area contributed by atoms with Crippen molar-refractivity contribution in [1.82, 2.24) is 15.0 Å². The number of nitrogen functional groups attached to an aromatic ring is 1. The van der Waals surface area contributed by atoms with Gasteiger partial charge in [-0.2, -0.15) is 0 Å². The Morgan fingerprint density at radius 3 is 2.72 bits per heavy atom. The lowest BCUT2D eigenvalue weighted by molar-refractivity contribution is 0.949. The van der Waals surface area contributed by atoms with Crippen molar-refractivity contribution >= 4 is 34.7 Å². The van der Waals surface area contributed by atoms with Crippen molar-refractivity contribution in [2.24, 2.45) is 5.84 Å². The summed E-state index contributed by atoms with van der Waals surface area (Å²) in [5, 5.41) is 6.93. The number of rotatable bonds is 5. The molecule has 2 aromatic rings. The number of aryl methyl sites for hydroxylation is 1. The summed E-state index contributed by atoms with van der Waals surface area (Å²) in [6.45, 7) is 2.63. The van der Waals surface area contributed by atoms with Gasteiger partial charge in [-0.05, 0) is 13.2 Å². The highest BCUT2D eigenvalue weighted by atomic mass is 32.2. The lowest BCUT2D eigenvalue weighted by atomic mass is 10.5. The van der Waals surface area contributed by atoms with E-state index in [1.807, 2.05) is 18.6 Å². The van der Waals surface area contributed by atoms with E-state index in [4.69, 9.17) is 5.84 Å². The van der Waals surface area contributed by atoms with Crippen LogP contribution in [0.15, 0.2) is 16.6 Å². The number of nitrogens with one attached hydrogen (secondary N) is 2. The molecule has 18 heavy (non-hydrogen) atoms. The maximum absolute atomic E-state index is 5.37. The van der Waals surface area contributed by atoms with E-state index in [1.165, 1.54) is 11.8 Å². The monoisotopic (exact) mass is 282 g/mol. The molecule has 0 fully saturated rings.